The highest BCUT2D eigenvalue weighted by atomic mass is 32.2. The summed E-state index contributed by atoms with van der Waals surface area (Å²) in [7, 11) is -4.32. The van der Waals surface area contributed by atoms with E-state index in [9.17, 15) is 22.9 Å². The van der Waals surface area contributed by atoms with E-state index in [1.807, 2.05) is 6.08 Å². The molecule has 0 saturated heterocycles. The van der Waals surface area contributed by atoms with Crippen LogP contribution in [0.1, 0.15) is 155 Å². The normalized spacial score (nSPS) is 13.7. The van der Waals surface area contributed by atoms with Gasteiger partial charge >= 0.3 is 0 Å². The smallest absolute Gasteiger partial charge is 0.267 e. The third-order valence-electron chi connectivity index (χ3n) is 6.96. The van der Waals surface area contributed by atoms with Crippen molar-refractivity contribution in [2.45, 2.75) is 167 Å². The Labute approximate surface area is 229 Å². The van der Waals surface area contributed by atoms with Gasteiger partial charge in [0.05, 0.1) is 17.9 Å². The predicted octanol–water partition coefficient (Wildman–Crippen LogP) is 7.90. The highest BCUT2D eigenvalue weighted by Crippen LogP contribution is 2.14. The maximum Gasteiger partial charge on any atom is 0.267 e. The minimum absolute atomic E-state index is 0.282. The summed E-state index contributed by atoms with van der Waals surface area (Å²) in [6.07, 6.45) is 27.8. The molecular formula is C30H59NO5S. The second kappa shape index (κ2) is 25.4. The van der Waals surface area contributed by atoms with Gasteiger partial charge in [-0.3, -0.25) is 9.35 Å². The fraction of sp³-hybridized carbons (Fsp3) is 0.900. The van der Waals surface area contributed by atoms with Crippen LogP contribution in [-0.2, 0) is 14.9 Å². The van der Waals surface area contributed by atoms with E-state index in [2.05, 4.69) is 19.2 Å². The van der Waals surface area contributed by atoms with Gasteiger partial charge in [-0.2, -0.15) is 8.42 Å². The van der Waals surface area contributed by atoms with Crippen LogP contribution in [0, 0.1) is 0 Å². The molecule has 1 amide bonds. The molecule has 0 bridgehead atoms. The number of carbonyl (C=O) groups is 1. The van der Waals surface area contributed by atoms with E-state index >= 15 is 0 Å². The molecule has 3 N–H and O–H groups in total. The summed E-state index contributed by atoms with van der Waals surface area (Å²) in [4.78, 5) is 12.3. The number of aliphatic hydroxyl groups is 1. The molecule has 0 fully saturated rings. The van der Waals surface area contributed by atoms with Crippen LogP contribution in [0.5, 0.6) is 0 Å². The average molecular weight is 546 g/mol. The highest BCUT2D eigenvalue weighted by molar-refractivity contribution is 7.85. The van der Waals surface area contributed by atoms with E-state index in [1.54, 1.807) is 0 Å². The Morgan fingerprint density at radius 3 is 1.54 bits per heavy atom. The van der Waals surface area contributed by atoms with Gasteiger partial charge in [-0.15, -0.1) is 0 Å². The van der Waals surface area contributed by atoms with Crippen LogP contribution in [0.2, 0.25) is 0 Å². The van der Waals surface area contributed by atoms with Crippen LogP contribution < -0.4 is 5.32 Å². The first kappa shape index (κ1) is 36.1. The first-order valence-corrected chi connectivity index (χ1v) is 17.0. The molecule has 6 nitrogen and oxygen atoms in total. The quantitative estimate of drug-likeness (QED) is 0.0553. The zero-order valence-electron chi connectivity index (χ0n) is 24.1. The summed E-state index contributed by atoms with van der Waals surface area (Å²) < 4.78 is 32.0. The van der Waals surface area contributed by atoms with Gasteiger partial charge in [0.2, 0.25) is 5.91 Å². The van der Waals surface area contributed by atoms with Gasteiger partial charge in [0.1, 0.15) is 0 Å². The van der Waals surface area contributed by atoms with Crippen molar-refractivity contribution in [3.05, 3.63) is 12.2 Å². The number of nitrogens with one attached hydrogen (secondary N) is 1. The molecule has 0 aliphatic heterocycles. The van der Waals surface area contributed by atoms with E-state index in [4.69, 9.17) is 0 Å². The van der Waals surface area contributed by atoms with Gasteiger partial charge < -0.3 is 10.4 Å². The van der Waals surface area contributed by atoms with E-state index in [0.29, 0.717) is 6.42 Å². The molecule has 0 radical (unpaired) electrons. The Bertz CT molecular complexity index is 650. The standard InChI is InChI=1S/C30H59NO5S/c1-3-5-7-9-11-12-13-14-15-16-17-18-20-22-24-26-30(33)31-28(27-37(34,35)36)29(32)25-23-21-19-10-8-6-4-2/h23,25,28-29,32H,3-22,24,26-27H2,1-2H3,(H,31,33)(H,34,35,36)/b25-23+. The maximum atomic E-state index is 12.3. The molecule has 37 heavy (non-hydrogen) atoms. The van der Waals surface area contributed by atoms with Crippen LogP contribution in [0.15, 0.2) is 12.2 Å². The summed E-state index contributed by atoms with van der Waals surface area (Å²) in [5.41, 5.74) is 0. The van der Waals surface area contributed by atoms with Gasteiger partial charge in [0.25, 0.3) is 10.1 Å². The van der Waals surface area contributed by atoms with Gasteiger partial charge in [-0.1, -0.05) is 142 Å². The monoisotopic (exact) mass is 545 g/mol. The van der Waals surface area contributed by atoms with Crippen molar-refractivity contribution in [2.24, 2.45) is 0 Å². The van der Waals surface area contributed by atoms with Crippen LogP contribution in [0.25, 0.3) is 0 Å². The lowest BCUT2D eigenvalue weighted by molar-refractivity contribution is -0.122. The number of hydrogen-bond donors (Lipinski definition) is 3. The molecule has 7 heteroatoms. The Balaban J connectivity index is 3.96. The molecule has 2 atom stereocenters. The summed E-state index contributed by atoms with van der Waals surface area (Å²) >= 11 is 0. The molecule has 0 aromatic carbocycles. The van der Waals surface area contributed by atoms with Crippen molar-refractivity contribution >= 4 is 16.0 Å². The zero-order chi connectivity index (χ0) is 27.6. The summed E-state index contributed by atoms with van der Waals surface area (Å²) in [5, 5.41) is 13.0. The van der Waals surface area contributed by atoms with E-state index in [1.165, 1.54) is 102 Å². The Morgan fingerprint density at radius 2 is 1.11 bits per heavy atom. The fourth-order valence-corrected chi connectivity index (χ4v) is 5.36. The molecular weight excluding hydrogens is 486 g/mol. The van der Waals surface area contributed by atoms with Crippen molar-refractivity contribution in [3.8, 4) is 0 Å². The van der Waals surface area contributed by atoms with Crippen LogP contribution in [-0.4, -0.2) is 41.9 Å². The van der Waals surface area contributed by atoms with Gasteiger partial charge in [0.15, 0.2) is 0 Å². The van der Waals surface area contributed by atoms with Crippen LogP contribution in [0.3, 0.4) is 0 Å². The molecule has 2 unspecified atom stereocenters. The first-order valence-electron chi connectivity index (χ1n) is 15.4. The van der Waals surface area contributed by atoms with Crippen molar-refractivity contribution in [1.82, 2.24) is 5.32 Å². The second-order valence-electron chi connectivity index (χ2n) is 10.7. The Kier molecular flexibility index (Phi) is 24.7. The molecule has 0 saturated carbocycles. The molecule has 0 aromatic rings. The first-order chi connectivity index (χ1) is 17.8. The van der Waals surface area contributed by atoms with E-state index in [-0.39, 0.29) is 5.91 Å². The molecule has 220 valence electrons. The van der Waals surface area contributed by atoms with Gasteiger partial charge in [0, 0.05) is 6.42 Å². The topological polar surface area (TPSA) is 104 Å². The molecule has 0 heterocycles. The molecule has 0 aliphatic carbocycles. The predicted molar refractivity (Wildman–Crippen MR) is 156 cm³/mol. The number of aliphatic hydroxyl groups excluding tert-OH is 1. The van der Waals surface area contributed by atoms with Gasteiger partial charge in [-0.05, 0) is 19.3 Å². The summed E-state index contributed by atoms with van der Waals surface area (Å²) in [6.45, 7) is 4.42. The fourth-order valence-electron chi connectivity index (χ4n) is 4.62. The number of allylic oxidation sites excluding steroid dienone is 1. The third-order valence-corrected chi connectivity index (χ3v) is 7.74. The van der Waals surface area contributed by atoms with E-state index < -0.39 is 28.0 Å². The number of hydrogen-bond acceptors (Lipinski definition) is 4. The van der Waals surface area contributed by atoms with Crippen LogP contribution in [0.4, 0.5) is 0 Å². The molecule has 0 spiro atoms. The van der Waals surface area contributed by atoms with Crippen molar-refractivity contribution in [3.63, 3.8) is 0 Å². The molecule has 0 aliphatic rings. The Hall–Kier alpha value is -0.920. The SMILES string of the molecule is CCCCCCC/C=C/C(O)C(CS(=O)(=O)O)NC(=O)CCCCCCCCCCCCCCCCC. The minimum atomic E-state index is -4.32. The Morgan fingerprint density at radius 1 is 0.703 bits per heavy atom. The summed E-state index contributed by atoms with van der Waals surface area (Å²) in [5.74, 6) is -0.977. The number of unbranched alkanes of at least 4 members (excludes halogenated alkanes) is 19. The maximum absolute atomic E-state index is 12.3. The summed E-state index contributed by atoms with van der Waals surface area (Å²) in [6, 6.07) is -1.05. The highest BCUT2D eigenvalue weighted by Gasteiger charge is 2.24. The number of rotatable bonds is 27. The van der Waals surface area contributed by atoms with Crippen molar-refractivity contribution in [1.29, 1.82) is 0 Å². The largest absolute Gasteiger partial charge is 0.387 e. The van der Waals surface area contributed by atoms with Crippen molar-refractivity contribution < 1.29 is 22.9 Å². The lowest BCUT2D eigenvalue weighted by atomic mass is 10.0. The number of amides is 1. The minimum Gasteiger partial charge on any atom is -0.387 e. The van der Waals surface area contributed by atoms with Gasteiger partial charge in [-0.25, -0.2) is 0 Å². The van der Waals surface area contributed by atoms with Crippen molar-refractivity contribution in [2.75, 3.05) is 5.75 Å². The lowest BCUT2D eigenvalue weighted by Gasteiger charge is -2.21. The second-order valence-corrected chi connectivity index (χ2v) is 12.2. The molecule has 0 aromatic heterocycles. The van der Waals surface area contributed by atoms with E-state index in [0.717, 1.165) is 38.5 Å². The average Bonchev–Trinajstić information content (AvgIpc) is 2.84. The van der Waals surface area contributed by atoms with Crippen LogP contribution >= 0.6 is 0 Å². The third kappa shape index (κ3) is 26.5. The molecule has 0 rings (SSSR count). The zero-order valence-corrected chi connectivity index (χ0v) is 24.9. The lowest BCUT2D eigenvalue weighted by Crippen LogP contribution is -2.46. The number of carbonyl (C=O) groups excluding carboxylic acids is 1.